The molecule has 0 unspecified atom stereocenters. The predicted molar refractivity (Wildman–Crippen MR) is 232 cm³/mol. The third-order valence-corrected chi connectivity index (χ3v) is 22.9. The van der Waals surface area contributed by atoms with E-state index in [-0.39, 0.29) is 47.6 Å². The van der Waals surface area contributed by atoms with Gasteiger partial charge in [-0.2, -0.15) is 8.42 Å². The lowest BCUT2D eigenvalue weighted by Gasteiger charge is -2.43. The second-order valence-electron chi connectivity index (χ2n) is 19.3. The van der Waals surface area contributed by atoms with Crippen molar-refractivity contribution in [2.24, 2.45) is 5.73 Å². The lowest BCUT2D eigenvalue weighted by atomic mass is 9.89. The molecule has 2 aromatic rings. The number of aliphatic hydroxyl groups excluding tert-OH is 1. The fraction of sp³-hybridized carbons (Fsp3) is 0.700. The van der Waals surface area contributed by atoms with E-state index in [2.05, 4.69) is 33.9 Å². The summed E-state index contributed by atoms with van der Waals surface area (Å²) in [6.45, 7) is 23.5. The minimum Gasteiger partial charge on any atom is -0.414 e. The number of nitrogens with two attached hydrogens (primary N) is 1. The molecule has 5 heterocycles. The summed E-state index contributed by atoms with van der Waals surface area (Å²) in [6, 6.07) is 0. The summed E-state index contributed by atoms with van der Waals surface area (Å²) in [5, 5.41) is 9.74. The molecule has 0 aliphatic carbocycles. The van der Waals surface area contributed by atoms with Crippen LogP contribution in [0.15, 0.2) is 54.8 Å². The molecule has 20 heteroatoms. The number of aryl methyl sites for hydroxylation is 2. The predicted octanol–water partition coefficient (Wildman–Crippen LogP) is 3.87. The number of unbranched alkanes of at least 4 members (excludes halogenated alkanes) is 3. The van der Waals surface area contributed by atoms with Crippen LogP contribution in [0.2, 0.25) is 36.3 Å². The van der Waals surface area contributed by atoms with Gasteiger partial charge in [-0.25, -0.2) is 13.8 Å². The molecule has 5 rings (SSSR count). The van der Waals surface area contributed by atoms with Crippen molar-refractivity contribution in [2.75, 3.05) is 13.2 Å². The molecule has 0 bridgehead atoms. The summed E-state index contributed by atoms with van der Waals surface area (Å²) in [4.78, 5) is 54.3. The Morgan fingerprint density at radius 1 is 0.800 bits per heavy atom. The van der Waals surface area contributed by atoms with Crippen molar-refractivity contribution in [2.45, 2.75) is 167 Å². The highest BCUT2D eigenvalue weighted by atomic mass is 32.2. The van der Waals surface area contributed by atoms with Gasteiger partial charge in [0, 0.05) is 36.6 Å². The van der Waals surface area contributed by atoms with Gasteiger partial charge in [-0.1, -0.05) is 60.5 Å². The smallest absolute Gasteiger partial charge is 0.333 e. The van der Waals surface area contributed by atoms with Gasteiger partial charge in [0.25, 0.3) is 21.2 Å². The van der Waals surface area contributed by atoms with E-state index in [4.69, 9.17) is 28.2 Å². The number of aromatic nitrogens is 4. The molecule has 60 heavy (non-hydrogen) atoms. The van der Waals surface area contributed by atoms with Gasteiger partial charge in [-0.15, -0.1) is 0 Å². The number of aliphatic hydroxyl groups is 1. The highest BCUT2D eigenvalue weighted by Crippen LogP contribution is 2.52. The summed E-state index contributed by atoms with van der Waals surface area (Å²) in [5.41, 5.74) is 3.17. The second kappa shape index (κ2) is 17.2. The Balaban J connectivity index is 1.42. The quantitative estimate of drug-likeness (QED) is 0.113. The molecule has 0 aromatic carbocycles. The Hall–Kier alpha value is -3.22. The fourth-order valence-electron chi connectivity index (χ4n) is 7.13. The lowest BCUT2D eigenvalue weighted by molar-refractivity contribution is -0.0567. The summed E-state index contributed by atoms with van der Waals surface area (Å²) in [6.07, 6.45) is 3.38. The molecule has 6 atom stereocenters. The van der Waals surface area contributed by atoms with Gasteiger partial charge < -0.3 is 29.2 Å². The number of nitrogens with zero attached hydrogens (tertiary/aromatic N) is 4. The molecule has 17 nitrogen and oxygen atoms in total. The van der Waals surface area contributed by atoms with E-state index in [1.54, 1.807) is 26.0 Å². The van der Waals surface area contributed by atoms with E-state index in [0.717, 1.165) is 9.98 Å². The lowest BCUT2D eigenvalue weighted by Crippen LogP contribution is -2.59. The zero-order valence-electron chi connectivity index (χ0n) is 37.1. The molecule has 2 aromatic heterocycles. The SMILES string of the molecule is Cc1cn([C@@H]2O[C@H](CO[Si](C)(C)C(C)(C)C)[C@@]3(OS(=O)(=O)C=C3N)[C@H]2O[Si](C)(C)C(C)(C)C)c(=O)n(CCCCCCn2c(=O)c(C)cn([C@H]3C=C[C@@H](CO)O3)c2=O)c1=O. The number of ether oxygens (including phenoxy) is 2. The zero-order valence-corrected chi connectivity index (χ0v) is 40.0. The van der Waals surface area contributed by atoms with E-state index < -0.39 is 85.6 Å². The van der Waals surface area contributed by atoms with Crippen molar-refractivity contribution in [3.8, 4) is 0 Å². The molecule has 1 saturated heterocycles. The Kier molecular flexibility index (Phi) is 13.7. The third kappa shape index (κ3) is 9.27. The fourth-order valence-corrected chi connectivity index (χ4v) is 10.6. The van der Waals surface area contributed by atoms with Crippen LogP contribution < -0.4 is 28.2 Å². The van der Waals surface area contributed by atoms with Crippen molar-refractivity contribution in [3.05, 3.63) is 88.5 Å². The second-order valence-corrected chi connectivity index (χ2v) is 30.2. The first-order valence-corrected chi connectivity index (χ1v) is 27.9. The highest BCUT2D eigenvalue weighted by molar-refractivity contribution is 7.90. The van der Waals surface area contributed by atoms with Crippen molar-refractivity contribution in [3.63, 3.8) is 0 Å². The molecule has 1 spiro atoms. The molecule has 0 saturated carbocycles. The summed E-state index contributed by atoms with van der Waals surface area (Å²) >= 11 is 0. The first-order chi connectivity index (χ1) is 27.6. The molecule has 336 valence electrons. The Labute approximate surface area is 354 Å². The third-order valence-electron chi connectivity index (χ3n) is 12.9. The standard InChI is InChI=1S/C40H65N5O12SSi2/c1-26-21-44(31-18-17-28(23-46)54-31)36(49)42(33(26)47)19-15-13-14-16-20-43-34(48)27(2)22-45(37(43)50)35-32(56-60(11,12)39(6,7)8)40(29(41)25-58(51,52)57-40)30(55-35)24-53-59(9,10)38(3,4)5/h17-18,21-22,25,28,30-32,35,46H,13-16,19-20,23-24,41H2,1-12H3/t28-,30+,31+,32-,35+,40+/m0/s1. The summed E-state index contributed by atoms with van der Waals surface area (Å²) in [5.74, 6) is 0. The van der Waals surface area contributed by atoms with E-state index in [1.165, 1.54) is 26.1 Å². The summed E-state index contributed by atoms with van der Waals surface area (Å²) in [7, 11) is -9.52. The van der Waals surface area contributed by atoms with Crippen LogP contribution in [0.5, 0.6) is 0 Å². The Bertz CT molecular complexity index is 2350. The van der Waals surface area contributed by atoms with Crippen LogP contribution in [0.1, 0.15) is 90.8 Å². The molecule has 1 fully saturated rings. The monoisotopic (exact) mass is 895 g/mol. The number of hydrogen-bond donors (Lipinski definition) is 2. The maximum Gasteiger partial charge on any atom is 0.333 e. The van der Waals surface area contributed by atoms with Crippen LogP contribution in [0.3, 0.4) is 0 Å². The molecule has 3 N–H and O–H groups in total. The van der Waals surface area contributed by atoms with Crippen LogP contribution in [-0.2, 0) is 45.7 Å². The van der Waals surface area contributed by atoms with Crippen LogP contribution in [0.25, 0.3) is 0 Å². The molecule has 0 amide bonds. The van der Waals surface area contributed by atoms with Gasteiger partial charge in [0.2, 0.25) is 0 Å². The Morgan fingerprint density at radius 3 is 1.78 bits per heavy atom. The maximum atomic E-state index is 14.5. The van der Waals surface area contributed by atoms with Crippen molar-refractivity contribution in [1.29, 1.82) is 0 Å². The first-order valence-electron chi connectivity index (χ1n) is 20.6. The minimum absolute atomic E-state index is 0.0599. The average molecular weight is 896 g/mol. The molecule has 3 aliphatic heterocycles. The van der Waals surface area contributed by atoms with Crippen LogP contribution in [0.4, 0.5) is 0 Å². The molecular weight excluding hydrogens is 831 g/mol. The minimum atomic E-state index is -4.29. The Morgan fingerprint density at radius 2 is 1.32 bits per heavy atom. The van der Waals surface area contributed by atoms with Gasteiger partial charge in [0.05, 0.1) is 24.3 Å². The zero-order chi connectivity index (χ0) is 45.0. The van der Waals surface area contributed by atoms with Crippen molar-refractivity contribution >= 4 is 26.8 Å². The average Bonchev–Trinajstić information content (AvgIpc) is 3.80. The van der Waals surface area contributed by atoms with E-state index in [1.807, 2.05) is 33.9 Å². The van der Waals surface area contributed by atoms with Crippen LogP contribution in [-0.4, -0.2) is 85.6 Å². The van der Waals surface area contributed by atoms with Crippen LogP contribution >= 0.6 is 0 Å². The number of hydrogen-bond acceptors (Lipinski definition) is 13. The molecular formula is C40H65N5O12SSi2. The number of rotatable bonds is 15. The molecule has 3 aliphatic rings. The van der Waals surface area contributed by atoms with Crippen molar-refractivity contribution < 1.29 is 36.0 Å². The normalized spacial score (nSPS) is 25.8. The largest absolute Gasteiger partial charge is 0.414 e. The maximum absolute atomic E-state index is 14.5. The van der Waals surface area contributed by atoms with Gasteiger partial charge in [0.1, 0.15) is 18.3 Å². The highest BCUT2D eigenvalue weighted by Gasteiger charge is 2.67. The topological polar surface area (TPSA) is 215 Å². The van der Waals surface area contributed by atoms with Crippen molar-refractivity contribution in [1.82, 2.24) is 18.3 Å². The van der Waals surface area contributed by atoms with E-state index >= 15 is 0 Å². The van der Waals surface area contributed by atoms with Gasteiger partial charge in [0.15, 0.2) is 34.7 Å². The van der Waals surface area contributed by atoms with E-state index in [9.17, 15) is 32.7 Å². The van der Waals surface area contributed by atoms with Crippen LogP contribution in [0, 0.1) is 13.8 Å². The van der Waals surface area contributed by atoms with Gasteiger partial charge in [-0.05, 0) is 69.0 Å². The summed E-state index contributed by atoms with van der Waals surface area (Å²) < 4.78 is 63.3. The first kappa shape index (κ1) is 47.8. The molecule has 0 radical (unpaired) electrons. The van der Waals surface area contributed by atoms with E-state index in [0.29, 0.717) is 31.2 Å². The van der Waals surface area contributed by atoms with Gasteiger partial charge in [-0.3, -0.25) is 27.9 Å². The van der Waals surface area contributed by atoms with Gasteiger partial charge >= 0.3 is 11.4 Å².